The maximum atomic E-state index is 3.47. The summed E-state index contributed by atoms with van der Waals surface area (Å²) in [4.78, 5) is 0. The molecule has 0 aliphatic rings. The zero-order chi connectivity index (χ0) is 18.0. The summed E-state index contributed by atoms with van der Waals surface area (Å²) in [5.41, 5.74) is 5.60. The number of aromatic nitrogens is 5. The van der Waals surface area contributed by atoms with Gasteiger partial charge in [-0.25, -0.2) is 0 Å². The molecule has 0 spiro atoms. The third-order valence-corrected chi connectivity index (χ3v) is 5.22. The molecule has 0 atom stereocenters. The van der Waals surface area contributed by atoms with Gasteiger partial charge in [0, 0.05) is 36.0 Å². The van der Waals surface area contributed by atoms with Crippen LogP contribution < -0.4 is 4.57 Å². The quantitative estimate of drug-likeness (QED) is 0.319. The van der Waals surface area contributed by atoms with E-state index >= 15 is 0 Å². The number of hydrogen-bond acceptors (Lipinski definition) is 0. The molecule has 0 aliphatic heterocycles. The number of fused-ring (bicyclic) bond motifs is 6. The summed E-state index contributed by atoms with van der Waals surface area (Å²) < 4.78 is 10.8. The fraction of sp³-hybridized carbons (Fsp3) is 0.0455. The molecule has 6 rings (SSSR count). The standard InChI is InChI=1S/C22H17N5/c1-23-16-27(19-9-3-2-8-18(19)23)22-15-17-7-4-12-24(17)20-10-5-13-25(20)21-11-6-14-26(21)22/h2-15H,1H3. The molecule has 0 radical (unpaired) electrons. The summed E-state index contributed by atoms with van der Waals surface area (Å²) in [5, 5.41) is 0. The van der Waals surface area contributed by atoms with Gasteiger partial charge in [0.25, 0.3) is 0 Å². The predicted octanol–water partition coefficient (Wildman–Crippen LogP) is 3.58. The Balaban J connectivity index is 1.89. The minimum Gasteiger partial charge on any atom is -0.350 e. The van der Waals surface area contributed by atoms with E-state index in [1.807, 2.05) is 11.6 Å². The molecule has 1 aromatic carbocycles. The lowest BCUT2D eigenvalue weighted by atomic mass is 10.3. The molecule has 0 saturated heterocycles. The van der Waals surface area contributed by atoms with Crippen LogP contribution >= 0.6 is 0 Å². The average molecular weight is 351 g/mol. The predicted molar refractivity (Wildman–Crippen MR) is 105 cm³/mol. The van der Waals surface area contributed by atoms with E-state index < -0.39 is 0 Å². The van der Waals surface area contributed by atoms with Crippen LogP contribution in [0.3, 0.4) is 0 Å². The number of benzene rings is 1. The van der Waals surface area contributed by atoms with E-state index in [0.29, 0.717) is 0 Å². The summed E-state index contributed by atoms with van der Waals surface area (Å²) in [6.07, 6.45) is 9.78. The average Bonchev–Trinajstić information content (AvgIpc) is 3.45. The van der Waals surface area contributed by atoms with Crippen LogP contribution in [0.15, 0.2) is 85.3 Å². The van der Waals surface area contributed by atoms with Crippen LogP contribution in [0.1, 0.15) is 0 Å². The number of rotatable bonds is 1. The molecule has 0 unspecified atom stereocenters. The molecular weight excluding hydrogens is 334 g/mol. The normalized spacial score (nSPS) is 11.9. The highest BCUT2D eigenvalue weighted by Gasteiger charge is 2.11. The van der Waals surface area contributed by atoms with Crippen molar-refractivity contribution < 1.29 is 4.57 Å². The van der Waals surface area contributed by atoms with Gasteiger partial charge < -0.3 is 13.5 Å². The summed E-state index contributed by atoms with van der Waals surface area (Å²) >= 11 is 0. The Kier molecular flexibility index (Phi) is 2.75. The third-order valence-electron chi connectivity index (χ3n) is 5.22. The van der Waals surface area contributed by atoms with Crippen molar-refractivity contribution in [2.24, 2.45) is 7.05 Å². The second-order valence-corrected chi connectivity index (χ2v) is 6.76. The Morgan fingerprint density at radius 1 is 0.741 bits per heavy atom. The van der Waals surface area contributed by atoms with E-state index in [-0.39, 0.29) is 0 Å². The molecule has 5 nitrogen and oxygen atoms in total. The number of imidazole rings is 1. The smallest absolute Gasteiger partial charge is 0.173 e. The fourth-order valence-corrected chi connectivity index (χ4v) is 3.99. The SMILES string of the molecule is Cn1[c-][n+](-c2cc3cccn3c3cccn3c3cccn23)c2ccccc21. The summed E-state index contributed by atoms with van der Waals surface area (Å²) in [5.74, 6) is 1.03. The first-order valence-electron chi connectivity index (χ1n) is 8.95. The van der Waals surface area contributed by atoms with Crippen LogP contribution in [-0.4, -0.2) is 17.8 Å². The molecule has 5 heterocycles. The van der Waals surface area contributed by atoms with Crippen molar-refractivity contribution in [3.63, 3.8) is 0 Å². The summed E-state index contributed by atoms with van der Waals surface area (Å²) in [6.45, 7) is 0. The molecule has 6 aromatic rings. The minimum absolute atomic E-state index is 1.03. The Hall–Kier alpha value is -3.73. The van der Waals surface area contributed by atoms with E-state index in [1.54, 1.807) is 0 Å². The highest BCUT2D eigenvalue weighted by atomic mass is 15.2. The molecule has 0 fully saturated rings. The lowest BCUT2D eigenvalue weighted by Crippen LogP contribution is -2.32. The lowest BCUT2D eigenvalue weighted by molar-refractivity contribution is -0.577. The molecule has 0 aliphatic carbocycles. The van der Waals surface area contributed by atoms with Crippen LogP contribution in [0.25, 0.3) is 33.7 Å². The van der Waals surface area contributed by atoms with Gasteiger partial charge in [-0.1, -0.05) is 24.3 Å². The molecule has 0 bridgehead atoms. The van der Waals surface area contributed by atoms with Crippen molar-refractivity contribution in [2.75, 3.05) is 0 Å². The molecular formula is C22H17N5. The number of nitrogens with zero attached hydrogens (tertiary/aromatic N) is 5. The maximum Gasteiger partial charge on any atom is 0.173 e. The van der Waals surface area contributed by atoms with Crippen LogP contribution in [0, 0.1) is 6.33 Å². The molecule has 0 amide bonds. The Morgan fingerprint density at radius 3 is 2.33 bits per heavy atom. The van der Waals surface area contributed by atoms with E-state index in [2.05, 4.69) is 109 Å². The lowest BCUT2D eigenvalue weighted by Gasteiger charge is -2.09. The van der Waals surface area contributed by atoms with Crippen LogP contribution in [0.4, 0.5) is 0 Å². The van der Waals surface area contributed by atoms with Crippen LogP contribution in [0.5, 0.6) is 0 Å². The largest absolute Gasteiger partial charge is 0.350 e. The zero-order valence-corrected chi connectivity index (χ0v) is 14.8. The Labute approximate surface area is 155 Å². The van der Waals surface area contributed by atoms with Crippen LogP contribution in [-0.2, 0) is 7.05 Å². The van der Waals surface area contributed by atoms with Crippen LogP contribution in [0.2, 0.25) is 0 Å². The van der Waals surface area contributed by atoms with Crippen molar-refractivity contribution >= 4 is 27.8 Å². The van der Waals surface area contributed by atoms with Gasteiger partial charge in [0.15, 0.2) is 17.8 Å². The highest BCUT2D eigenvalue weighted by molar-refractivity contribution is 5.72. The highest BCUT2D eigenvalue weighted by Crippen LogP contribution is 2.18. The molecule has 130 valence electrons. The number of hydrogen-bond donors (Lipinski definition) is 0. The van der Waals surface area contributed by atoms with Gasteiger partial charge in [0.2, 0.25) is 0 Å². The zero-order valence-electron chi connectivity index (χ0n) is 14.8. The van der Waals surface area contributed by atoms with Gasteiger partial charge in [0.05, 0.1) is 6.20 Å². The molecule has 5 aromatic heterocycles. The van der Waals surface area contributed by atoms with Crippen molar-refractivity contribution in [1.82, 2.24) is 17.8 Å². The van der Waals surface area contributed by atoms with Crippen molar-refractivity contribution in [3.05, 3.63) is 91.6 Å². The first-order chi connectivity index (χ1) is 13.3. The van der Waals surface area contributed by atoms with E-state index in [1.165, 1.54) is 0 Å². The van der Waals surface area contributed by atoms with E-state index in [4.69, 9.17) is 0 Å². The van der Waals surface area contributed by atoms with Gasteiger partial charge in [-0.2, -0.15) is 0 Å². The van der Waals surface area contributed by atoms with Crippen molar-refractivity contribution in [3.8, 4) is 5.82 Å². The molecule has 0 N–H and O–H groups in total. The number of aryl methyl sites for hydroxylation is 1. The van der Waals surface area contributed by atoms with Gasteiger partial charge in [-0.05, 0) is 42.5 Å². The Bertz CT molecular complexity index is 1490. The molecule has 27 heavy (non-hydrogen) atoms. The molecule has 5 heteroatoms. The monoisotopic (exact) mass is 351 g/mol. The second kappa shape index (κ2) is 5.14. The Morgan fingerprint density at radius 2 is 1.44 bits per heavy atom. The summed E-state index contributed by atoms with van der Waals surface area (Å²) in [7, 11) is 2.03. The topological polar surface area (TPSA) is 22.0 Å². The fourth-order valence-electron chi connectivity index (χ4n) is 3.99. The van der Waals surface area contributed by atoms with Gasteiger partial charge in [-0.3, -0.25) is 8.80 Å². The third kappa shape index (κ3) is 1.91. The van der Waals surface area contributed by atoms with Crippen molar-refractivity contribution in [2.45, 2.75) is 0 Å². The summed E-state index contributed by atoms with van der Waals surface area (Å²) in [6, 6.07) is 23.3. The van der Waals surface area contributed by atoms with E-state index in [0.717, 1.165) is 33.7 Å². The number of para-hydroxylation sites is 2. The minimum atomic E-state index is 1.03. The van der Waals surface area contributed by atoms with Gasteiger partial charge >= 0.3 is 0 Å². The molecule has 0 saturated carbocycles. The van der Waals surface area contributed by atoms with Gasteiger partial charge in [0.1, 0.15) is 5.65 Å². The van der Waals surface area contributed by atoms with Gasteiger partial charge in [-0.15, -0.1) is 0 Å². The first kappa shape index (κ1) is 14.4. The first-order valence-corrected chi connectivity index (χ1v) is 8.95. The van der Waals surface area contributed by atoms with E-state index in [9.17, 15) is 0 Å². The maximum absolute atomic E-state index is 3.47. The van der Waals surface area contributed by atoms with Crippen molar-refractivity contribution in [1.29, 1.82) is 0 Å². The second-order valence-electron chi connectivity index (χ2n) is 6.76.